The van der Waals surface area contributed by atoms with Gasteiger partial charge in [0, 0.05) is 44.0 Å². The van der Waals surface area contributed by atoms with Crippen LogP contribution in [0.2, 0.25) is 0 Å². The summed E-state index contributed by atoms with van der Waals surface area (Å²) in [6.07, 6.45) is -4.31. The highest BCUT2D eigenvalue weighted by molar-refractivity contribution is 5.95. The first-order valence-corrected chi connectivity index (χ1v) is 11.7. The Labute approximate surface area is 210 Å². The summed E-state index contributed by atoms with van der Waals surface area (Å²) < 4.78 is 79.3. The third kappa shape index (κ3) is 5.72. The molecule has 0 bridgehead atoms. The van der Waals surface area contributed by atoms with Gasteiger partial charge in [0.25, 0.3) is 0 Å². The molecule has 200 valence electrons. The molecule has 0 radical (unpaired) electrons. The lowest BCUT2D eigenvalue weighted by atomic mass is 9.94. The summed E-state index contributed by atoms with van der Waals surface area (Å²) in [6, 6.07) is 7.69. The van der Waals surface area contributed by atoms with Gasteiger partial charge in [-0.2, -0.15) is 18.3 Å². The summed E-state index contributed by atoms with van der Waals surface area (Å²) in [5.74, 6) is -3.56. The molecule has 0 spiro atoms. The van der Waals surface area contributed by atoms with Crippen LogP contribution in [0.1, 0.15) is 26.2 Å². The predicted molar refractivity (Wildman–Crippen MR) is 126 cm³/mol. The molecule has 2 aromatic rings. The van der Waals surface area contributed by atoms with Gasteiger partial charge in [0.2, 0.25) is 0 Å². The fraction of sp³-hybridized carbons (Fsp3) is 0.440. The number of piperidine rings is 1. The van der Waals surface area contributed by atoms with Crippen LogP contribution in [0.4, 0.5) is 33.3 Å². The van der Waals surface area contributed by atoms with E-state index in [-0.39, 0.29) is 17.5 Å². The number of hydrazone groups is 1. The zero-order valence-corrected chi connectivity index (χ0v) is 20.1. The summed E-state index contributed by atoms with van der Waals surface area (Å²) in [5.41, 5.74) is -0.581. The van der Waals surface area contributed by atoms with Crippen molar-refractivity contribution in [3.63, 3.8) is 0 Å². The minimum absolute atomic E-state index is 0.120. The number of ether oxygens (including phenoxy) is 2. The molecule has 0 aromatic heterocycles. The first-order chi connectivity index (χ1) is 17.5. The molecule has 1 saturated heterocycles. The topological polar surface area (TPSA) is 74.6 Å². The maximum Gasteiger partial charge on any atom is 0.431 e. The molecular weight excluding hydrogens is 501 g/mol. The molecule has 0 amide bonds. The molecule has 0 saturated carbocycles. The van der Waals surface area contributed by atoms with Gasteiger partial charge in [-0.15, -0.1) is 0 Å². The Morgan fingerprint density at radius 1 is 1.11 bits per heavy atom. The number of nitrogens with zero attached hydrogens (tertiary/aromatic N) is 3. The van der Waals surface area contributed by atoms with Crippen molar-refractivity contribution >= 4 is 23.1 Å². The quantitative estimate of drug-likeness (QED) is 0.497. The Bertz CT molecular complexity index is 1160. The highest BCUT2D eigenvalue weighted by atomic mass is 19.4. The van der Waals surface area contributed by atoms with Gasteiger partial charge >= 0.3 is 12.1 Å². The van der Waals surface area contributed by atoms with E-state index in [4.69, 9.17) is 9.47 Å². The zero-order valence-electron chi connectivity index (χ0n) is 20.1. The molecule has 2 atom stereocenters. The summed E-state index contributed by atoms with van der Waals surface area (Å²) in [7, 11) is 1.38. The number of carboxylic acids is 1. The molecule has 2 heterocycles. The molecule has 12 heteroatoms. The SMILES string of the molecule is COc1cc(F)c(F)c(N2CCC(Oc3ccc(N4N=C(C(F)(F)F)[C@@H](C)[C@@H]4CC(=O)O)cc3)CC2)c1. The van der Waals surface area contributed by atoms with E-state index in [0.717, 1.165) is 11.1 Å². The number of carboxylic acid groups (broad SMARTS) is 1. The number of hydrogen-bond donors (Lipinski definition) is 1. The van der Waals surface area contributed by atoms with Gasteiger partial charge in [-0.25, -0.2) is 8.78 Å². The molecule has 4 rings (SSSR count). The molecule has 7 nitrogen and oxygen atoms in total. The summed E-state index contributed by atoms with van der Waals surface area (Å²) in [6.45, 7) is 2.16. The number of hydrogen-bond acceptors (Lipinski definition) is 6. The summed E-state index contributed by atoms with van der Waals surface area (Å²) in [4.78, 5) is 13.0. The third-order valence-electron chi connectivity index (χ3n) is 6.62. The van der Waals surface area contributed by atoms with Crippen LogP contribution in [0.5, 0.6) is 11.5 Å². The van der Waals surface area contributed by atoms with Crippen molar-refractivity contribution in [3.8, 4) is 11.5 Å². The van der Waals surface area contributed by atoms with Gasteiger partial charge in [0.15, 0.2) is 11.6 Å². The van der Waals surface area contributed by atoms with Crippen molar-refractivity contribution in [2.45, 2.75) is 44.5 Å². The van der Waals surface area contributed by atoms with Crippen molar-refractivity contribution < 1.29 is 41.3 Å². The lowest BCUT2D eigenvalue weighted by molar-refractivity contribution is -0.137. The Kier molecular flexibility index (Phi) is 7.47. The molecule has 1 fully saturated rings. The molecule has 0 unspecified atom stereocenters. The smallest absolute Gasteiger partial charge is 0.431 e. The number of methoxy groups -OCH3 is 1. The molecular formula is C25H26F5N3O4. The van der Waals surface area contributed by atoms with Crippen molar-refractivity contribution in [3.05, 3.63) is 48.0 Å². The van der Waals surface area contributed by atoms with E-state index in [1.807, 2.05) is 0 Å². The first kappa shape index (κ1) is 26.5. The van der Waals surface area contributed by atoms with Crippen LogP contribution in [0.3, 0.4) is 0 Å². The van der Waals surface area contributed by atoms with Crippen LogP contribution >= 0.6 is 0 Å². The number of benzene rings is 2. The number of carbonyl (C=O) groups is 1. The average Bonchev–Trinajstić information content (AvgIpc) is 3.17. The van der Waals surface area contributed by atoms with E-state index in [9.17, 15) is 31.9 Å². The third-order valence-corrected chi connectivity index (χ3v) is 6.62. The van der Waals surface area contributed by atoms with Gasteiger partial charge in [-0.05, 0) is 24.3 Å². The van der Waals surface area contributed by atoms with E-state index in [1.165, 1.54) is 32.2 Å². The summed E-state index contributed by atoms with van der Waals surface area (Å²) in [5, 5.41) is 14.0. The van der Waals surface area contributed by atoms with Gasteiger partial charge in [-0.3, -0.25) is 9.80 Å². The summed E-state index contributed by atoms with van der Waals surface area (Å²) >= 11 is 0. The number of rotatable bonds is 7. The zero-order chi connectivity index (χ0) is 26.9. The number of anilines is 2. The molecule has 37 heavy (non-hydrogen) atoms. The highest BCUT2D eigenvalue weighted by Crippen LogP contribution is 2.37. The van der Waals surface area contributed by atoms with Crippen LogP contribution in [0, 0.1) is 17.6 Å². The minimum atomic E-state index is -4.66. The fourth-order valence-electron chi connectivity index (χ4n) is 4.66. The van der Waals surface area contributed by atoms with E-state index >= 15 is 0 Å². The average molecular weight is 527 g/mol. The molecule has 2 aliphatic rings. The van der Waals surface area contributed by atoms with Crippen LogP contribution in [-0.2, 0) is 4.79 Å². The maximum absolute atomic E-state index is 14.3. The van der Waals surface area contributed by atoms with E-state index < -0.39 is 47.9 Å². The van der Waals surface area contributed by atoms with Crippen molar-refractivity contribution in [2.75, 3.05) is 30.1 Å². The second-order valence-corrected chi connectivity index (χ2v) is 9.02. The second-order valence-electron chi connectivity index (χ2n) is 9.02. The lowest BCUT2D eigenvalue weighted by Crippen LogP contribution is -2.38. The Hall–Kier alpha value is -3.57. The Morgan fingerprint density at radius 2 is 1.76 bits per heavy atom. The van der Waals surface area contributed by atoms with Crippen molar-refractivity contribution in [1.82, 2.24) is 0 Å². The highest BCUT2D eigenvalue weighted by Gasteiger charge is 2.48. The molecule has 1 N–H and O–H groups in total. The van der Waals surface area contributed by atoms with Gasteiger partial charge in [-0.1, -0.05) is 6.92 Å². The van der Waals surface area contributed by atoms with Crippen molar-refractivity contribution in [1.29, 1.82) is 0 Å². The number of aliphatic carboxylic acids is 1. The normalized spacial score (nSPS) is 20.7. The molecule has 2 aromatic carbocycles. The second kappa shape index (κ2) is 10.4. The van der Waals surface area contributed by atoms with Crippen LogP contribution in [0.15, 0.2) is 41.5 Å². The fourth-order valence-corrected chi connectivity index (χ4v) is 4.66. The Balaban J connectivity index is 1.41. The van der Waals surface area contributed by atoms with Gasteiger partial charge < -0.3 is 19.5 Å². The van der Waals surface area contributed by atoms with E-state index in [0.29, 0.717) is 37.4 Å². The van der Waals surface area contributed by atoms with Crippen LogP contribution in [-0.4, -0.2) is 55.3 Å². The lowest BCUT2D eigenvalue weighted by Gasteiger charge is -2.34. The Morgan fingerprint density at radius 3 is 2.32 bits per heavy atom. The number of halogens is 5. The van der Waals surface area contributed by atoms with Crippen LogP contribution in [0.25, 0.3) is 0 Å². The monoisotopic (exact) mass is 527 g/mol. The standard InChI is InChI=1S/C25H26F5N3O4/c1-14-20(13-22(34)35)33(31-24(14)25(28,29)30)15-3-5-16(6-4-15)37-17-7-9-32(10-8-17)21-12-18(36-2)11-19(26)23(21)27/h3-6,11-12,14,17,20H,7-10,13H2,1-2H3,(H,34,35)/t14-,20-/m0/s1. The van der Waals surface area contributed by atoms with Crippen LogP contribution < -0.4 is 19.4 Å². The van der Waals surface area contributed by atoms with E-state index in [2.05, 4.69) is 5.10 Å². The predicted octanol–water partition coefficient (Wildman–Crippen LogP) is 5.24. The van der Waals surface area contributed by atoms with Crippen molar-refractivity contribution in [2.24, 2.45) is 11.0 Å². The first-order valence-electron chi connectivity index (χ1n) is 11.7. The largest absolute Gasteiger partial charge is 0.497 e. The maximum atomic E-state index is 14.3. The molecule has 0 aliphatic carbocycles. The minimum Gasteiger partial charge on any atom is -0.497 e. The van der Waals surface area contributed by atoms with E-state index in [1.54, 1.807) is 17.0 Å². The number of alkyl halides is 3. The van der Waals surface area contributed by atoms with Gasteiger partial charge in [0.1, 0.15) is 23.3 Å². The molecule has 2 aliphatic heterocycles. The van der Waals surface area contributed by atoms with Gasteiger partial charge in [0.05, 0.1) is 30.9 Å².